The first kappa shape index (κ1) is 17.3. The summed E-state index contributed by atoms with van der Waals surface area (Å²) in [6.07, 6.45) is 0.202. The van der Waals surface area contributed by atoms with Crippen LogP contribution in [0.5, 0.6) is 0 Å². The van der Waals surface area contributed by atoms with Crippen molar-refractivity contribution in [1.29, 1.82) is 0 Å². The second-order valence-corrected chi connectivity index (χ2v) is 7.09. The number of thiophene rings is 1. The predicted octanol–water partition coefficient (Wildman–Crippen LogP) is 3.80. The number of benzene rings is 1. The van der Waals surface area contributed by atoms with Gasteiger partial charge >= 0.3 is 0 Å². The number of aromatic nitrogens is 1. The van der Waals surface area contributed by atoms with Crippen LogP contribution in [0.1, 0.15) is 23.0 Å². The van der Waals surface area contributed by atoms with E-state index in [-0.39, 0.29) is 18.2 Å². The number of anilines is 1. The maximum atomic E-state index is 12.2. The number of nitrogens with zero attached hydrogens (tertiary/aromatic N) is 1. The lowest BCUT2D eigenvalue weighted by molar-refractivity contribution is -0.115. The standard InChI is InChI=1S/C18H17N3O2S2/c1-2-19-17(23)12-5-3-6-13(9-12)20-16(22)10-14-11-25-18(21-14)15-7-4-8-24-15/h3-9,11H,2,10H2,1H3,(H,19,23)(H,20,22). The highest BCUT2D eigenvalue weighted by Gasteiger charge is 2.11. The lowest BCUT2D eigenvalue weighted by Gasteiger charge is -2.07. The highest BCUT2D eigenvalue weighted by molar-refractivity contribution is 7.20. The van der Waals surface area contributed by atoms with Gasteiger partial charge in [0.25, 0.3) is 5.91 Å². The third kappa shape index (κ3) is 4.52. The van der Waals surface area contributed by atoms with Crippen molar-refractivity contribution in [2.45, 2.75) is 13.3 Å². The Labute approximate surface area is 153 Å². The number of nitrogens with one attached hydrogen (secondary N) is 2. The maximum Gasteiger partial charge on any atom is 0.251 e. The van der Waals surface area contributed by atoms with E-state index in [0.29, 0.717) is 17.8 Å². The molecule has 3 rings (SSSR count). The topological polar surface area (TPSA) is 71.1 Å². The van der Waals surface area contributed by atoms with Crippen molar-refractivity contribution in [2.24, 2.45) is 0 Å². The molecule has 3 aromatic rings. The predicted molar refractivity (Wildman–Crippen MR) is 102 cm³/mol. The van der Waals surface area contributed by atoms with Gasteiger partial charge in [-0.2, -0.15) is 0 Å². The minimum atomic E-state index is -0.156. The summed E-state index contributed by atoms with van der Waals surface area (Å²) >= 11 is 3.16. The minimum Gasteiger partial charge on any atom is -0.352 e. The number of hydrogen-bond acceptors (Lipinski definition) is 5. The zero-order chi connectivity index (χ0) is 17.6. The summed E-state index contributed by atoms with van der Waals surface area (Å²) in [5, 5.41) is 10.4. The van der Waals surface area contributed by atoms with Crippen molar-refractivity contribution in [3.8, 4) is 9.88 Å². The van der Waals surface area contributed by atoms with Crippen LogP contribution in [-0.4, -0.2) is 23.3 Å². The van der Waals surface area contributed by atoms with E-state index >= 15 is 0 Å². The molecular formula is C18H17N3O2S2. The fraction of sp³-hybridized carbons (Fsp3) is 0.167. The van der Waals surface area contributed by atoms with Gasteiger partial charge in [-0.15, -0.1) is 22.7 Å². The average Bonchev–Trinajstić information content (AvgIpc) is 3.26. The molecule has 0 saturated carbocycles. The van der Waals surface area contributed by atoms with Crippen molar-refractivity contribution in [3.63, 3.8) is 0 Å². The normalized spacial score (nSPS) is 10.4. The molecule has 2 aromatic heterocycles. The molecule has 0 unspecified atom stereocenters. The Kier molecular flexibility index (Phi) is 5.57. The monoisotopic (exact) mass is 371 g/mol. The van der Waals surface area contributed by atoms with Crippen molar-refractivity contribution in [1.82, 2.24) is 10.3 Å². The molecule has 2 N–H and O–H groups in total. The van der Waals surface area contributed by atoms with Crippen LogP contribution in [-0.2, 0) is 11.2 Å². The number of carbonyl (C=O) groups excluding carboxylic acids is 2. The third-order valence-corrected chi connectivity index (χ3v) is 5.30. The number of thiazole rings is 1. The number of carbonyl (C=O) groups is 2. The number of rotatable bonds is 6. The second-order valence-electron chi connectivity index (χ2n) is 5.29. The first-order valence-electron chi connectivity index (χ1n) is 7.82. The van der Waals surface area contributed by atoms with Gasteiger partial charge < -0.3 is 10.6 Å². The van der Waals surface area contributed by atoms with Crippen LogP contribution >= 0.6 is 22.7 Å². The zero-order valence-electron chi connectivity index (χ0n) is 13.6. The molecule has 0 radical (unpaired) electrons. The number of amides is 2. The molecule has 2 heterocycles. The Balaban J connectivity index is 1.63. The molecule has 25 heavy (non-hydrogen) atoms. The molecule has 0 bridgehead atoms. The molecule has 5 nitrogen and oxygen atoms in total. The Bertz CT molecular complexity index is 872. The summed E-state index contributed by atoms with van der Waals surface area (Å²) in [5.74, 6) is -0.310. The van der Waals surface area contributed by atoms with Crippen LogP contribution in [0.25, 0.3) is 9.88 Å². The highest BCUT2D eigenvalue weighted by Crippen LogP contribution is 2.28. The van der Waals surface area contributed by atoms with Gasteiger partial charge in [-0.05, 0) is 36.6 Å². The van der Waals surface area contributed by atoms with Gasteiger partial charge in [0.05, 0.1) is 17.0 Å². The molecule has 128 valence electrons. The van der Waals surface area contributed by atoms with Crippen LogP contribution in [0.15, 0.2) is 47.2 Å². The fourth-order valence-electron chi connectivity index (χ4n) is 2.27. The van der Waals surface area contributed by atoms with E-state index in [0.717, 1.165) is 15.6 Å². The number of hydrogen-bond donors (Lipinski definition) is 2. The Hall–Kier alpha value is -2.51. The highest BCUT2D eigenvalue weighted by atomic mass is 32.1. The van der Waals surface area contributed by atoms with Crippen LogP contribution in [0.3, 0.4) is 0 Å². The molecule has 7 heteroatoms. The van der Waals surface area contributed by atoms with E-state index in [9.17, 15) is 9.59 Å². The molecule has 0 fully saturated rings. The minimum absolute atomic E-state index is 0.154. The molecule has 0 spiro atoms. The van der Waals surface area contributed by atoms with E-state index in [1.54, 1.807) is 35.6 Å². The Morgan fingerprint density at radius 2 is 2.04 bits per heavy atom. The molecular weight excluding hydrogens is 354 g/mol. The zero-order valence-corrected chi connectivity index (χ0v) is 15.2. The maximum absolute atomic E-state index is 12.2. The van der Waals surface area contributed by atoms with Gasteiger partial charge in [0.2, 0.25) is 5.91 Å². The summed E-state index contributed by atoms with van der Waals surface area (Å²) < 4.78 is 0. The summed E-state index contributed by atoms with van der Waals surface area (Å²) in [7, 11) is 0. The summed E-state index contributed by atoms with van der Waals surface area (Å²) in [6.45, 7) is 2.42. The van der Waals surface area contributed by atoms with Crippen molar-refractivity contribution in [2.75, 3.05) is 11.9 Å². The lowest BCUT2D eigenvalue weighted by Crippen LogP contribution is -2.23. The van der Waals surface area contributed by atoms with Crippen LogP contribution < -0.4 is 10.6 Å². The summed E-state index contributed by atoms with van der Waals surface area (Å²) in [6, 6.07) is 10.9. The smallest absolute Gasteiger partial charge is 0.251 e. The Morgan fingerprint density at radius 1 is 1.16 bits per heavy atom. The van der Waals surface area contributed by atoms with Gasteiger partial charge in [0.1, 0.15) is 5.01 Å². The van der Waals surface area contributed by atoms with Crippen molar-refractivity contribution < 1.29 is 9.59 Å². The van der Waals surface area contributed by atoms with Crippen LogP contribution in [0.4, 0.5) is 5.69 Å². The molecule has 0 aliphatic rings. The van der Waals surface area contributed by atoms with E-state index < -0.39 is 0 Å². The molecule has 0 aliphatic heterocycles. The van der Waals surface area contributed by atoms with Gasteiger partial charge in [-0.25, -0.2) is 4.98 Å². The first-order chi connectivity index (χ1) is 12.2. The van der Waals surface area contributed by atoms with Gasteiger partial charge in [-0.1, -0.05) is 12.1 Å². The SMILES string of the molecule is CCNC(=O)c1cccc(NC(=O)Cc2csc(-c3cccs3)n2)c1. The van der Waals surface area contributed by atoms with Crippen molar-refractivity contribution in [3.05, 3.63) is 58.4 Å². The summed E-state index contributed by atoms with van der Waals surface area (Å²) in [4.78, 5) is 29.7. The molecule has 2 amide bonds. The second kappa shape index (κ2) is 8.04. The van der Waals surface area contributed by atoms with Crippen molar-refractivity contribution >= 4 is 40.2 Å². The van der Waals surface area contributed by atoms with E-state index in [1.165, 1.54) is 11.3 Å². The molecule has 0 aliphatic carbocycles. The van der Waals surface area contributed by atoms with E-state index in [1.807, 2.05) is 29.8 Å². The van der Waals surface area contributed by atoms with Gasteiger partial charge in [0, 0.05) is 23.2 Å². The van der Waals surface area contributed by atoms with E-state index in [4.69, 9.17) is 0 Å². The first-order valence-corrected chi connectivity index (χ1v) is 9.58. The fourth-order valence-corrected chi connectivity index (χ4v) is 3.91. The van der Waals surface area contributed by atoms with Crippen LogP contribution in [0, 0.1) is 0 Å². The van der Waals surface area contributed by atoms with Gasteiger partial charge in [0.15, 0.2) is 0 Å². The Morgan fingerprint density at radius 3 is 2.80 bits per heavy atom. The molecule has 1 aromatic carbocycles. The van der Waals surface area contributed by atoms with Crippen LogP contribution in [0.2, 0.25) is 0 Å². The largest absolute Gasteiger partial charge is 0.352 e. The quantitative estimate of drug-likeness (QED) is 0.692. The average molecular weight is 371 g/mol. The summed E-state index contributed by atoms with van der Waals surface area (Å²) in [5.41, 5.74) is 1.86. The van der Waals surface area contributed by atoms with E-state index in [2.05, 4.69) is 15.6 Å². The van der Waals surface area contributed by atoms with Gasteiger partial charge in [-0.3, -0.25) is 9.59 Å². The molecule has 0 saturated heterocycles. The third-order valence-electron chi connectivity index (χ3n) is 3.37. The lowest BCUT2D eigenvalue weighted by atomic mass is 10.2. The molecule has 0 atom stereocenters.